The molecule has 0 aromatic heterocycles. The molecule has 0 saturated carbocycles. The molecule has 0 spiro atoms. The van der Waals surface area contributed by atoms with Crippen LogP contribution in [0.1, 0.15) is 11.6 Å². The van der Waals surface area contributed by atoms with Gasteiger partial charge in [-0.05, 0) is 42.0 Å². The molecule has 1 saturated heterocycles. The summed E-state index contributed by atoms with van der Waals surface area (Å²) < 4.78 is 0. The molecule has 102 valence electrons. The number of hydrogen-bond donors (Lipinski definition) is 1. The fraction of sp³-hybridized carbons (Fsp3) is 0.133. The molecule has 1 amide bonds. The van der Waals surface area contributed by atoms with Crippen molar-refractivity contribution in [1.82, 2.24) is 0 Å². The van der Waals surface area contributed by atoms with Crippen LogP contribution in [0.25, 0.3) is 0 Å². The number of carbonyl (C=O) groups excluding carboxylic acids is 1. The first kappa shape index (κ1) is 13.4. The van der Waals surface area contributed by atoms with Gasteiger partial charge in [-0.3, -0.25) is 4.79 Å². The Labute approximate surface area is 126 Å². The lowest BCUT2D eigenvalue weighted by atomic mass is 9.88. The molecule has 2 N–H and O–H groups in total. The lowest BCUT2D eigenvalue weighted by Crippen LogP contribution is -2.63. The van der Waals surface area contributed by atoms with Crippen molar-refractivity contribution in [3.63, 3.8) is 0 Å². The van der Waals surface area contributed by atoms with Crippen molar-refractivity contribution >= 4 is 34.8 Å². The lowest BCUT2D eigenvalue weighted by Gasteiger charge is -2.45. The number of β-lactam (4-membered cyclic amide) rings is 1. The van der Waals surface area contributed by atoms with Gasteiger partial charge in [-0.1, -0.05) is 35.3 Å². The van der Waals surface area contributed by atoms with Crippen molar-refractivity contribution in [1.29, 1.82) is 0 Å². The Bertz CT molecular complexity index is 657. The Morgan fingerprint density at radius 2 is 1.70 bits per heavy atom. The number of benzene rings is 2. The molecule has 3 nitrogen and oxygen atoms in total. The predicted molar refractivity (Wildman–Crippen MR) is 81.1 cm³/mol. The SMILES string of the molecule is NC1C(=O)N(c2ccc(Cl)cc2)C1c1cccc(Cl)c1. The van der Waals surface area contributed by atoms with E-state index >= 15 is 0 Å². The normalized spacial score (nSPS) is 21.8. The van der Waals surface area contributed by atoms with Crippen LogP contribution in [0.5, 0.6) is 0 Å². The summed E-state index contributed by atoms with van der Waals surface area (Å²) in [6, 6.07) is 13.8. The molecule has 3 rings (SSSR count). The van der Waals surface area contributed by atoms with Gasteiger partial charge >= 0.3 is 0 Å². The van der Waals surface area contributed by atoms with Crippen molar-refractivity contribution in [2.75, 3.05) is 4.90 Å². The number of nitrogens with two attached hydrogens (primary N) is 1. The average molecular weight is 307 g/mol. The van der Waals surface area contributed by atoms with Crippen LogP contribution in [0.15, 0.2) is 48.5 Å². The summed E-state index contributed by atoms with van der Waals surface area (Å²) in [5.74, 6) is -0.0997. The molecule has 2 aromatic rings. The summed E-state index contributed by atoms with van der Waals surface area (Å²) in [4.78, 5) is 13.7. The van der Waals surface area contributed by atoms with Gasteiger partial charge in [-0.15, -0.1) is 0 Å². The van der Waals surface area contributed by atoms with Crippen molar-refractivity contribution in [2.24, 2.45) is 5.73 Å². The number of amides is 1. The largest absolute Gasteiger partial charge is 0.318 e. The second-order valence-corrected chi connectivity index (χ2v) is 5.58. The highest BCUT2D eigenvalue weighted by Crippen LogP contribution is 2.38. The van der Waals surface area contributed by atoms with Crippen molar-refractivity contribution < 1.29 is 4.79 Å². The van der Waals surface area contributed by atoms with Crippen molar-refractivity contribution in [3.8, 4) is 0 Å². The Kier molecular flexibility index (Phi) is 3.42. The van der Waals surface area contributed by atoms with Crippen LogP contribution in [0.3, 0.4) is 0 Å². The lowest BCUT2D eigenvalue weighted by molar-refractivity contribution is -0.126. The third-order valence-corrected chi connectivity index (χ3v) is 3.92. The summed E-state index contributed by atoms with van der Waals surface area (Å²) in [7, 11) is 0. The first-order valence-corrected chi connectivity index (χ1v) is 6.93. The second-order valence-electron chi connectivity index (χ2n) is 4.71. The van der Waals surface area contributed by atoms with E-state index in [1.54, 1.807) is 23.1 Å². The van der Waals surface area contributed by atoms with E-state index in [1.807, 2.05) is 30.3 Å². The van der Waals surface area contributed by atoms with Gasteiger partial charge in [-0.25, -0.2) is 0 Å². The monoisotopic (exact) mass is 306 g/mol. The molecule has 2 unspecified atom stereocenters. The fourth-order valence-corrected chi connectivity index (χ4v) is 2.77. The molecule has 1 aliphatic heterocycles. The van der Waals surface area contributed by atoms with Gasteiger partial charge in [0.05, 0.1) is 6.04 Å². The molecule has 1 aliphatic rings. The summed E-state index contributed by atoms with van der Waals surface area (Å²) >= 11 is 11.9. The average Bonchev–Trinajstić information content (AvgIpc) is 2.45. The van der Waals surface area contributed by atoms with E-state index in [2.05, 4.69) is 0 Å². The Morgan fingerprint density at radius 1 is 1.00 bits per heavy atom. The molecule has 0 aliphatic carbocycles. The zero-order valence-corrected chi connectivity index (χ0v) is 12.0. The summed E-state index contributed by atoms with van der Waals surface area (Å²) in [6.07, 6.45) is 0. The number of anilines is 1. The standard InChI is InChI=1S/C15H12Cl2N2O/c16-10-4-6-12(7-5-10)19-14(13(18)15(19)20)9-2-1-3-11(17)8-9/h1-8,13-14H,18H2. The van der Waals surface area contributed by atoms with E-state index < -0.39 is 6.04 Å². The first-order chi connectivity index (χ1) is 9.58. The highest BCUT2D eigenvalue weighted by molar-refractivity contribution is 6.31. The third-order valence-electron chi connectivity index (χ3n) is 3.44. The molecule has 0 radical (unpaired) electrons. The second kappa shape index (κ2) is 5.09. The smallest absolute Gasteiger partial charge is 0.247 e. The molecule has 1 fully saturated rings. The van der Waals surface area contributed by atoms with Crippen LogP contribution in [0.2, 0.25) is 10.0 Å². The zero-order chi connectivity index (χ0) is 14.3. The third kappa shape index (κ3) is 2.18. The number of hydrogen-bond acceptors (Lipinski definition) is 2. The Morgan fingerprint density at radius 3 is 2.35 bits per heavy atom. The maximum absolute atomic E-state index is 12.1. The van der Waals surface area contributed by atoms with E-state index in [9.17, 15) is 4.79 Å². The van der Waals surface area contributed by atoms with E-state index in [0.717, 1.165) is 11.3 Å². The minimum Gasteiger partial charge on any atom is -0.318 e. The molecule has 1 heterocycles. The molecule has 2 atom stereocenters. The van der Waals surface area contributed by atoms with Crippen LogP contribution in [-0.4, -0.2) is 11.9 Å². The summed E-state index contributed by atoms with van der Waals surface area (Å²) in [5, 5.41) is 1.26. The maximum atomic E-state index is 12.1. The van der Waals surface area contributed by atoms with Gasteiger partial charge in [0.25, 0.3) is 0 Å². The van der Waals surface area contributed by atoms with Gasteiger partial charge in [0.1, 0.15) is 6.04 Å². The Hall–Kier alpha value is -1.55. The van der Waals surface area contributed by atoms with Crippen LogP contribution in [-0.2, 0) is 4.79 Å². The molecule has 0 bridgehead atoms. The summed E-state index contributed by atoms with van der Waals surface area (Å²) in [6.45, 7) is 0. The Balaban J connectivity index is 1.97. The fourth-order valence-electron chi connectivity index (χ4n) is 2.45. The molecule has 5 heteroatoms. The quantitative estimate of drug-likeness (QED) is 0.864. The van der Waals surface area contributed by atoms with E-state index in [4.69, 9.17) is 28.9 Å². The van der Waals surface area contributed by atoms with Gasteiger partial charge < -0.3 is 10.6 Å². The number of carbonyl (C=O) groups is 1. The molecule has 2 aromatic carbocycles. The topological polar surface area (TPSA) is 46.3 Å². The minimum atomic E-state index is -0.538. The van der Waals surface area contributed by atoms with Crippen LogP contribution >= 0.6 is 23.2 Å². The molecular formula is C15H12Cl2N2O. The molecule has 20 heavy (non-hydrogen) atoms. The van der Waals surface area contributed by atoms with Gasteiger partial charge in [0.2, 0.25) is 5.91 Å². The maximum Gasteiger partial charge on any atom is 0.247 e. The van der Waals surface area contributed by atoms with Crippen molar-refractivity contribution in [2.45, 2.75) is 12.1 Å². The van der Waals surface area contributed by atoms with Crippen LogP contribution in [0.4, 0.5) is 5.69 Å². The van der Waals surface area contributed by atoms with Gasteiger partial charge in [-0.2, -0.15) is 0 Å². The highest BCUT2D eigenvalue weighted by Gasteiger charge is 2.46. The predicted octanol–water partition coefficient (Wildman–Crippen LogP) is 3.41. The van der Waals surface area contributed by atoms with Crippen molar-refractivity contribution in [3.05, 3.63) is 64.1 Å². The summed E-state index contributed by atoms with van der Waals surface area (Å²) in [5.41, 5.74) is 7.66. The highest BCUT2D eigenvalue weighted by atomic mass is 35.5. The first-order valence-electron chi connectivity index (χ1n) is 6.17. The van der Waals surface area contributed by atoms with Crippen LogP contribution < -0.4 is 10.6 Å². The number of nitrogens with zero attached hydrogens (tertiary/aromatic N) is 1. The number of rotatable bonds is 2. The zero-order valence-electron chi connectivity index (χ0n) is 10.5. The van der Waals surface area contributed by atoms with E-state index in [-0.39, 0.29) is 11.9 Å². The number of halogens is 2. The minimum absolute atomic E-state index is 0.0997. The van der Waals surface area contributed by atoms with Gasteiger partial charge in [0, 0.05) is 15.7 Å². The van der Waals surface area contributed by atoms with E-state index in [1.165, 1.54) is 0 Å². The van der Waals surface area contributed by atoms with Gasteiger partial charge in [0.15, 0.2) is 0 Å². The molecular weight excluding hydrogens is 295 g/mol. The van der Waals surface area contributed by atoms with Crippen LogP contribution in [0, 0.1) is 0 Å². The van der Waals surface area contributed by atoms with E-state index in [0.29, 0.717) is 10.0 Å².